The summed E-state index contributed by atoms with van der Waals surface area (Å²) in [6, 6.07) is 5.58. The maximum absolute atomic E-state index is 11.9. The van der Waals surface area contributed by atoms with Crippen LogP contribution in [0.4, 0.5) is 0 Å². The molecule has 0 heterocycles. The van der Waals surface area contributed by atoms with Crippen molar-refractivity contribution in [1.29, 1.82) is 0 Å². The summed E-state index contributed by atoms with van der Waals surface area (Å²) in [6.45, 7) is 7.46. The first-order chi connectivity index (χ1) is 14.8. The summed E-state index contributed by atoms with van der Waals surface area (Å²) in [4.78, 5) is 4.68. The molecular weight excluding hydrogens is 382 g/mol. The van der Waals surface area contributed by atoms with Crippen LogP contribution in [0.15, 0.2) is 23.2 Å². The first kappa shape index (κ1) is 21.5. The van der Waals surface area contributed by atoms with Crippen LogP contribution in [0.25, 0.3) is 0 Å². The van der Waals surface area contributed by atoms with Gasteiger partial charge in [-0.2, -0.15) is 0 Å². The third-order valence-corrected chi connectivity index (χ3v) is 10.7. The van der Waals surface area contributed by atoms with Gasteiger partial charge in [-0.05, 0) is 99.5 Å². The normalized spacial score (nSPS) is 44.6. The van der Waals surface area contributed by atoms with Crippen LogP contribution in [0.1, 0.15) is 89.2 Å². The molecule has 0 spiro atoms. The van der Waals surface area contributed by atoms with E-state index in [4.69, 9.17) is 0 Å². The van der Waals surface area contributed by atoms with Gasteiger partial charge in [0.25, 0.3) is 0 Å². The Bertz CT molecular complexity index is 865. The zero-order chi connectivity index (χ0) is 21.9. The Morgan fingerprint density at radius 2 is 1.81 bits per heavy atom. The first-order valence-electron chi connectivity index (χ1n) is 12.8. The monoisotopic (exact) mass is 423 g/mol. The lowest BCUT2D eigenvalue weighted by Gasteiger charge is -2.61. The number of nitrogens with zero attached hydrogens (tertiary/aromatic N) is 1. The van der Waals surface area contributed by atoms with Gasteiger partial charge in [-0.25, -0.2) is 0 Å². The molecule has 170 valence electrons. The highest BCUT2D eigenvalue weighted by Crippen LogP contribution is 2.68. The fourth-order valence-electron chi connectivity index (χ4n) is 8.74. The molecule has 4 aliphatic carbocycles. The number of phenols is 1. The summed E-state index contributed by atoms with van der Waals surface area (Å²) in [6.07, 6.45) is 14.7. The Labute approximate surface area is 188 Å². The zero-order valence-corrected chi connectivity index (χ0v) is 19.7. The SMILES string of the molecule is Cc1ccc(O)c(C=NC[C@@]2(O)CC[C@H]3[C@@H]4CC[C@H]5CCCC[C@]5(C)[C@H]4CC[C@@]32C)c1. The molecule has 0 aliphatic heterocycles. The maximum atomic E-state index is 11.9. The van der Waals surface area contributed by atoms with Gasteiger partial charge in [0.05, 0.1) is 12.1 Å². The highest BCUT2D eigenvalue weighted by Gasteiger charge is 2.64. The quantitative estimate of drug-likeness (QED) is 0.562. The molecule has 0 unspecified atom stereocenters. The fourth-order valence-corrected chi connectivity index (χ4v) is 8.74. The average Bonchev–Trinajstić information content (AvgIpc) is 3.01. The van der Waals surface area contributed by atoms with Gasteiger partial charge in [0, 0.05) is 17.2 Å². The van der Waals surface area contributed by atoms with Crippen LogP contribution >= 0.6 is 0 Å². The molecule has 7 atom stereocenters. The van der Waals surface area contributed by atoms with E-state index in [-0.39, 0.29) is 11.2 Å². The molecule has 0 bridgehead atoms. The molecular formula is C28H41NO2. The third-order valence-electron chi connectivity index (χ3n) is 10.7. The molecule has 5 rings (SSSR count). The molecule has 1 aromatic carbocycles. The smallest absolute Gasteiger partial charge is 0.124 e. The molecule has 0 amide bonds. The van der Waals surface area contributed by atoms with Gasteiger partial charge in [0.1, 0.15) is 5.75 Å². The summed E-state index contributed by atoms with van der Waals surface area (Å²) in [7, 11) is 0. The summed E-state index contributed by atoms with van der Waals surface area (Å²) in [5.41, 5.74) is 1.65. The molecule has 3 nitrogen and oxygen atoms in total. The Morgan fingerprint density at radius 3 is 2.65 bits per heavy atom. The minimum absolute atomic E-state index is 0.0297. The molecule has 0 aromatic heterocycles. The Kier molecular flexibility index (Phi) is 5.28. The summed E-state index contributed by atoms with van der Waals surface area (Å²) < 4.78 is 0. The molecule has 4 fully saturated rings. The molecule has 0 radical (unpaired) electrons. The van der Waals surface area contributed by atoms with E-state index in [1.54, 1.807) is 12.3 Å². The number of hydrogen-bond acceptors (Lipinski definition) is 3. The second-order valence-electron chi connectivity index (χ2n) is 12.0. The van der Waals surface area contributed by atoms with Crippen molar-refractivity contribution in [2.24, 2.45) is 39.5 Å². The van der Waals surface area contributed by atoms with E-state index in [1.165, 1.54) is 44.9 Å². The van der Waals surface area contributed by atoms with E-state index in [1.807, 2.05) is 19.1 Å². The average molecular weight is 424 g/mol. The maximum Gasteiger partial charge on any atom is 0.124 e. The van der Waals surface area contributed by atoms with Crippen molar-refractivity contribution in [2.45, 2.75) is 90.6 Å². The van der Waals surface area contributed by atoms with Crippen molar-refractivity contribution >= 4 is 6.21 Å². The molecule has 4 aliphatic rings. The number of aliphatic hydroxyl groups is 1. The van der Waals surface area contributed by atoms with Crippen LogP contribution in [0.5, 0.6) is 5.75 Å². The molecule has 0 saturated heterocycles. The lowest BCUT2D eigenvalue weighted by atomic mass is 9.44. The number of benzene rings is 1. The van der Waals surface area contributed by atoms with Gasteiger partial charge in [0.15, 0.2) is 0 Å². The lowest BCUT2D eigenvalue weighted by Crippen LogP contribution is -2.56. The molecule has 31 heavy (non-hydrogen) atoms. The van der Waals surface area contributed by atoms with Gasteiger partial charge in [-0.1, -0.05) is 38.3 Å². The van der Waals surface area contributed by atoms with Crippen LogP contribution in [-0.2, 0) is 0 Å². The number of rotatable bonds is 3. The number of aromatic hydroxyl groups is 1. The topological polar surface area (TPSA) is 52.8 Å². The van der Waals surface area contributed by atoms with Gasteiger partial charge in [-0.15, -0.1) is 0 Å². The van der Waals surface area contributed by atoms with Crippen molar-refractivity contribution in [3.05, 3.63) is 29.3 Å². The van der Waals surface area contributed by atoms with Crippen molar-refractivity contribution in [3.8, 4) is 5.75 Å². The van der Waals surface area contributed by atoms with Crippen LogP contribution in [0.3, 0.4) is 0 Å². The van der Waals surface area contributed by atoms with E-state index in [9.17, 15) is 10.2 Å². The van der Waals surface area contributed by atoms with Gasteiger partial charge in [0.2, 0.25) is 0 Å². The Morgan fingerprint density at radius 1 is 1.00 bits per heavy atom. The number of aliphatic imine (C=N–C) groups is 1. The van der Waals surface area contributed by atoms with Crippen molar-refractivity contribution in [1.82, 2.24) is 0 Å². The van der Waals surface area contributed by atoms with Crippen LogP contribution in [-0.4, -0.2) is 28.6 Å². The van der Waals surface area contributed by atoms with E-state index >= 15 is 0 Å². The molecule has 2 N–H and O–H groups in total. The van der Waals surface area contributed by atoms with Gasteiger partial charge < -0.3 is 10.2 Å². The van der Waals surface area contributed by atoms with Gasteiger partial charge >= 0.3 is 0 Å². The third kappa shape index (κ3) is 3.29. The van der Waals surface area contributed by atoms with Crippen LogP contribution in [0, 0.1) is 41.4 Å². The molecule has 1 aromatic rings. The van der Waals surface area contributed by atoms with E-state index in [0.29, 0.717) is 17.9 Å². The van der Waals surface area contributed by atoms with E-state index < -0.39 is 5.60 Å². The molecule has 4 saturated carbocycles. The highest BCUT2D eigenvalue weighted by molar-refractivity contribution is 5.83. The second kappa shape index (κ2) is 7.61. The zero-order valence-electron chi connectivity index (χ0n) is 19.7. The minimum atomic E-state index is -0.719. The van der Waals surface area contributed by atoms with Crippen molar-refractivity contribution < 1.29 is 10.2 Å². The van der Waals surface area contributed by atoms with E-state index in [2.05, 4.69) is 18.8 Å². The van der Waals surface area contributed by atoms with Crippen LogP contribution < -0.4 is 0 Å². The largest absolute Gasteiger partial charge is 0.507 e. The first-order valence-corrected chi connectivity index (χ1v) is 12.8. The Hall–Kier alpha value is -1.35. The van der Waals surface area contributed by atoms with Gasteiger partial charge in [-0.3, -0.25) is 4.99 Å². The van der Waals surface area contributed by atoms with Crippen molar-refractivity contribution in [2.75, 3.05) is 6.54 Å². The summed E-state index contributed by atoms with van der Waals surface area (Å²) >= 11 is 0. The van der Waals surface area contributed by atoms with E-state index in [0.717, 1.165) is 48.1 Å². The fraction of sp³-hybridized carbons (Fsp3) is 0.750. The standard InChI is InChI=1S/C28H41NO2/c1-19-7-10-25(30)20(16-19)17-29-18-28(31)15-12-24-22-9-8-21-6-4-5-13-26(21,2)23(22)11-14-27(24,28)3/h7,10,16-17,21-24,30-31H,4-6,8-9,11-15,18H2,1-3H3/t21-,22-,23+,24+,26+,27+,28+/m1/s1. The Balaban J connectivity index is 1.35. The summed E-state index contributed by atoms with van der Waals surface area (Å²) in [5, 5.41) is 22.0. The predicted molar refractivity (Wildman–Crippen MR) is 127 cm³/mol. The summed E-state index contributed by atoms with van der Waals surface area (Å²) in [5.74, 6) is 3.49. The highest BCUT2D eigenvalue weighted by atomic mass is 16.3. The second-order valence-corrected chi connectivity index (χ2v) is 12.0. The number of phenolic OH excluding ortho intramolecular Hbond substituents is 1. The van der Waals surface area contributed by atoms with Crippen molar-refractivity contribution in [3.63, 3.8) is 0 Å². The number of fused-ring (bicyclic) bond motifs is 5. The minimum Gasteiger partial charge on any atom is -0.507 e. The molecule has 3 heteroatoms. The van der Waals surface area contributed by atoms with Crippen LogP contribution in [0.2, 0.25) is 0 Å². The number of hydrogen-bond donors (Lipinski definition) is 2. The lowest BCUT2D eigenvalue weighted by molar-refractivity contribution is -0.147. The predicted octanol–water partition coefficient (Wildman–Crippen LogP) is 6.28. The number of aryl methyl sites for hydroxylation is 1.